The molecule has 3 unspecified atom stereocenters. The quantitative estimate of drug-likeness (QED) is 0.0243. The van der Waals surface area contributed by atoms with Crippen LogP contribution in [0.5, 0.6) is 0 Å². The van der Waals surface area contributed by atoms with Crippen molar-refractivity contribution in [2.24, 2.45) is 0 Å². The summed E-state index contributed by atoms with van der Waals surface area (Å²) < 4.78 is 23.6. The lowest BCUT2D eigenvalue weighted by atomic mass is 10.0. The van der Waals surface area contributed by atoms with Gasteiger partial charge in [0.2, 0.25) is 5.91 Å². The van der Waals surface area contributed by atoms with Gasteiger partial charge in [-0.25, -0.2) is 4.57 Å². The molecule has 0 aromatic heterocycles. The fraction of sp³-hybridized carbons (Fsp3) is 0.727. The highest BCUT2D eigenvalue weighted by atomic mass is 31.2. The highest BCUT2D eigenvalue weighted by molar-refractivity contribution is 7.47. The average molecular weight is 916 g/mol. The van der Waals surface area contributed by atoms with E-state index in [1.54, 1.807) is 6.08 Å². The number of likely N-dealkylation sites (N-methyl/N-ethyl adjacent to an activating group) is 1. The molecule has 3 atom stereocenters. The van der Waals surface area contributed by atoms with Gasteiger partial charge in [0.05, 0.1) is 39.9 Å². The van der Waals surface area contributed by atoms with Crippen LogP contribution in [0, 0.1) is 0 Å². The van der Waals surface area contributed by atoms with E-state index >= 15 is 0 Å². The lowest BCUT2D eigenvalue weighted by Crippen LogP contribution is -2.45. The average Bonchev–Trinajstić information content (AvgIpc) is 3.25. The zero-order chi connectivity index (χ0) is 47.1. The fourth-order valence-corrected chi connectivity index (χ4v) is 7.76. The van der Waals surface area contributed by atoms with Crippen LogP contribution in [-0.2, 0) is 18.4 Å². The van der Waals surface area contributed by atoms with E-state index in [2.05, 4.69) is 92.1 Å². The van der Waals surface area contributed by atoms with E-state index in [9.17, 15) is 19.4 Å². The number of phosphoric acid groups is 1. The van der Waals surface area contributed by atoms with Gasteiger partial charge in [0.1, 0.15) is 13.2 Å². The van der Waals surface area contributed by atoms with E-state index in [4.69, 9.17) is 9.05 Å². The normalized spacial score (nSPS) is 14.8. The smallest absolute Gasteiger partial charge is 0.387 e. The third-order valence-electron chi connectivity index (χ3n) is 11.1. The van der Waals surface area contributed by atoms with E-state index in [0.717, 1.165) is 89.9 Å². The lowest BCUT2D eigenvalue weighted by molar-refractivity contribution is -0.870. The van der Waals surface area contributed by atoms with Crippen LogP contribution in [0.2, 0.25) is 0 Å². The van der Waals surface area contributed by atoms with Gasteiger partial charge in [0, 0.05) is 6.42 Å². The molecular weight excluding hydrogens is 816 g/mol. The third-order valence-corrected chi connectivity index (χ3v) is 12.1. The van der Waals surface area contributed by atoms with E-state index in [-0.39, 0.29) is 19.1 Å². The van der Waals surface area contributed by atoms with Gasteiger partial charge in [-0.05, 0) is 77.0 Å². The van der Waals surface area contributed by atoms with E-state index in [0.29, 0.717) is 17.4 Å². The number of nitrogens with zero attached hydrogens (tertiary/aromatic N) is 1. The summed E-state index contributed by atoms with van der Waals surface area (Å²) in [5.41, 5.74) is 0. The van der Waals surface area contributed by atoms with Gasteiger partial charge in [-0.2, -0.15) is 0 Å². The van der Waals surface area contributed by atoms with Crippen molar-refractivity contribution in [3.8, 4) is 0 Å². The molecule has 0 aliphatic carbocycles. The topological polar surface area (TPSA) is 105 Å². The molecule has 1 amide bonds. The summed E-state index contributed by atoms with van der Waals surface area (Å²) in [6.07, 6.45) is 63.8. The number of carbonyl (C=O) groups is 1. The number of nitrogens with one attached hydrogen (secondary N) is 1. The number of aliphatic hydroxyl groups excluding tert-OH is 1. The number of hydrogen-bond acceptors (Lipinski definition) is 5. The number of amides is 1. The Hall–Kier alpha value is -2.32. The Labute approximate surface area is 395 Å². The number of carbonyl (C=O) groups excluding carboxylic acids is 1. The van der Waals surface area contributed by atoms with Crippen molar-refractivity contribution in [1.29, 1.82) is 0 Å². The van der Waals surface area contributed by atoms with Crippen LogP contribution in [-0.4, -0.2) is 73.4 Å². The molecule has 3 N–H and O–H groups in total. The highest BCUT2D eigenvalue weighted by Crippen LogP contribution is 2.43. The first-order valence-electron chi connectivity index (χ1n) is 26.0. The van der Waals surface area contributed by atoms with Crippen LogP contribution < -0.4 is 5.32 Å². The summed E-state index contributed by atoms with van der Waals surface area (Å²) >= 11 is 0. The fourth-order valence-electron chi connectivity index (χ4n) is 7.02. The molecule has 370 valence electrons. The van der Waals surface area contributed by atoms with E-state index in [1.807, 2.05) is 27.2 Å². The zero-order valence-electron chi connectivity index (χ0n) is 42.0. The molecule has 0 aliphatic rings. The van der Waals surface area contributed by atoms with Crippen LogP contribution in [0.1, 0.15) is 206 Å². The largest absolute Gasteiger partial charge is 0.472 e. The summed E-state index contributed by atoms with van der Waals surface area (Å²) in [5, 5.41) is 13.9. The highest BCUT2D eigenvalue weighted by Gasteiger charge is 2.27. The molecule has 0 saturated heterocycles. The number of aliphatic hydroxyl groups is 1. The molecule has 0 spiro atoms. The maximum atomic E-state index is 12.9. The van der Waals surface area contributed by atoms with Crippen molar-refractivity contribution in [2.45, 2.75) is 219 Å². The third kappa shape index (κ3) is 47.6. The number of phosphoric ester groups is 1. The standard InChI is InChI=1S/C55H99N2O6P/c1-6-8-10-12-14-16-18-20-22-24-26-28-30-32-34-36-38-40-42-44-46-48-54(58)53(52-63-64(60,61)62-51-50-57(3,4)5)56-55(59)49-47-45-43-41-39-37-35-33-31-29-27-25-23-21-19-17-15-13-11-9-7-2/h9,11,15,17,21,23,27,29,33,35,38,40,46,48,53-54,58H,6-8,10,12-14,16,18-20,22,24-26,28,30-32,34,36-37,39,41-45,47,49-52H2,1-5H3,(H-,56,59,60,61)/p+1/b11-9-,17-15-,23-21-,29-27-,35-33-,40-38+,48-46+. The molecule has 0 rings (SSSR count). The monoisotopic (exact) mass is 916 g/mol. The molecule has 0 aliphatic heterocycles. The minimum atomic E-state index is -4.36. The van der Waals surface area contributed by atoms with Gasteiger partial charge in [0.15, 0.2) is 0 Å². The second kappa shape index (κ2) is 45.8. The van der Waals surface area contributed by atoms with Crippen molar-refractivity contribution < 1.29 is 32.9 Å². The summed E-state index contributed by atoms with van der Waals surface area (Å²) in [7, 11) is 1.53. The Morgan fingerprint density at radius 1 is 0.547 bits per heavy atom. The first kappa shape index (κ1) is 61.7. The van der Waals surface area contributed by atoms with Gasteiger partial charge in [-0.15, -0.1) is 0 Å². The van der Waals surface area contributed by atoms with Crippen LogP contribution in [0.15, 0.2) is 85.1 Å². The molecular formula is C55H100N2O6P+. The van der Waals surface area contributed by atoms with Crippen molar-refractivity contribution in [3.63, 3.8) is 0 Å². The Morgan fingerprint density at radius 3 is 1.44 bits per heavy atom. The number of rotatable bonds is 46. The number of allylic oxidation sites excluding steroid dienone is 13. The van der Waals surface area contributed by atoms with Gasteiger partial charge in [-0.1, -0.05) is 208 Å². The lowest BCUT2D eigenvalue weighted by Gasteiger charge is -2.25. The Bertz CT molecular complexity index is 1310. The van der Waals surface area contributed by atoms with Crippen LogP contribution in [0.3, 0.4) is 0 Å². The molecule has 0 saturated carbocycles. The first-order valence-corrected chi connectivity index (χ1v) is 27.5. The van der Waals surface area contributed by atoms with Gasteiger partial charge >= 0.3 is 7.82 Å². The Morgan fingerprint density at radius 2 is 0.953 bits per heavy atom. The van der Waals surface area contributed by atoms with Gasteiger partial charge in [-0.3, -0.25) is 13.8 Å². The molecule has 0 radical (unpaired) electrons. The minimum Gasteiger partial charge on any atom is -0.387 e. The molecule has 0 heterocycles. The molecule has 0 fully saturated rings. The van der Waals surface area contributed by atoms with E-state index in [1.165, 1.54) is 96.3 Å². The predicted octanol–water partition coefficient (Wildman–Crippen LogP) is 15.3. The van der Waals surface area contributed by atoms with Crippen molar-refractivity contribution in [3.05, 3.63) is 85.1 Å². The molecule has 0 aromatic rings. The van der Waals surface area contributed by atoms with Gasteiger partial charge < -0.3 is 19.8 Å². The molecule has 8 nitrogen and oxygen atoms in total. The van der Waals surface area contributed by atoms with Crippen LogP contribution in [0.25, 0.3) is 0 Å². The van der Waals surface area contributed by atoms with E-state index < -0.39 is 20.0 Å². The number of quaternary nitrogens is 1. The van der Waals surface area contributed by atoms with Gasteiger partial charge in [0.25, 0.3) is 0 Å². The Balaban J connectivity index is 4.42. The second-order valence-electron chi connectivity index (χ2n) is 18.5. The summed E-state index contributed by atoms with van der Waals surface area (Å²) in [6.45, 7) is 4.66. The zero-order valence-corrected chi connectivity index (χ0v) is 42.9. The summed E-state index contributed by atoms with van der Waals surface area (Å²) in [6, 6.07) is -0.879. The summed E-state index contributed by atoms with van der Waals surface area (Å²) in [4.78, 5) is 23.2. The number of hydrogen-bond donors (Lipinski definition) is 3. The van der Waals surface area contributed by atoms with Crippen LogP contribution in [0.4, 0.5) is 0 Å². The second-order valence-corrected chi connectivity index (χ2v) is 20.0. The Kier molecular flexibility index (Phi) is 44.2. The van der Waals surface area contributed by atoms with Crippen LogP contribution >= 0.6 is 7.82 Å². The summed E-state index contributed by atoms with van der Waals surface area (Å²) in [5.74, 6) is -0.208. The SMILES string of the molecule is CC/C=C\C/C=C\C/C=C\C/C=C\C/C=C\CCCCCCCC(=O)NC(COP(=O)(O)OCC[N+](C)(C)C)C(O)/C=C/CC/C=C/CCCCCCCCCCCCCCCCC. The minimum absolute atomic E-state index is 0.0477. The predicted molar refractivity (Wildman–Crippen MR) is 276 cm³/mol. The maximum Gasteiger partial charge on any atom is 0.472 e. The van der Waals surface area contributed by atoms with Crippen molar-refractivity contribution >= 4 is 13.7 Å². The van der Waals surface area contributed by atoms with Crippen molar-refractivity contribution in [1.82, 2.24) is 5.32 Å². The molecule has 0 aromatic carbocycles. The molecule has 9 heteroatoms. The first-order chi connectivity index (χ1) is 31.0. The molecule has 0 bridgehead atoms. The molecule has 64 heavy (non-hydrogen) atoms. The van der Waals surface area contributed by atoms with Crippen molar-refractivity contribution in [2.75, 3.05) is 40.9 Å². The number of unbranched alkanes of at least 4 members (excludes halogenated alkanes) is 21. The maximum absolute atomic E-state index is 12.9.